The number of thiophene rings is 1. The number of amides is 1. The van der Waals surface area contributed by atoms with Gasteiger partial charge in [0.25, 0.3) is 0 Å². The van der Waals surface area contributed by atoms with Crippen LogP contribution in [0.3, 0.4) is 0 Å². The van der Waals surface area contributed by atoms with Crippen LogP contribution in [0, 0.1) is 0 Å². The highest BCUT2D eigenvalue weighted by Crippen LogP contribution is 2.08. The summed E-state index contributed by atoms with van der Waals surface area (Å²) in [6, 6.07) is 12.8. The Morgan fingerprint density at radius 1 is 1.06 bits per heavy atom. The van der Waals surface area contributed by atoms with Crippen LogP contribution in [0.4, 0.5) is 0 Å². The molecule has 0 aliphatic heterocycles. The van der Waals surface area contributed by atoms with Crippen molar-refractivity contribution in [3.63, 3.8) is 0 Å². The molecule has 2 rings (SSSR count). The van der Waals surface area contributed by atoms with E-state index in [-0.39, 0.29) is 18.2 Å². The second-order valence-electron chi connectivity index (χ2n) is 3.82. The van der Waals surface area contributed by atoms with Crippen LogP contribution in [0.5, 0.6) is 0 Å². The van der Waals surface area contributed by atoms with Crippen LogP contribution in [-0.4, -0.2) is 18.2 Å². The number of benzene rings is 1. The average molecular weight is 259 g/mol. The van der Waals surface area contributed by atoms with E-state index in [9.17, 15) is 9.59 Å². The van der Waals surface area contributed by atoms with Gasteiger partial charge in [0.1, 0.15) is 0 Å². The molecule has 1 aromatic heterocycles. The maximum atomic E-state index is 11.7. The van der Waals surface area contributed by atoms with E-state index in [0.29, 0.717) is 12.0 Å². The molecule has 0 atom stereocenters. The average Bonchev–Trinajstić information content (AvgIpc) is 2.90. The van der Waals surface area contributed by atoms with Gasteiger partial charge in [-0.3, -0.25) is 9.59 Å². The number of nitrogens with one attached hydrogen (secondary N) is 1. The predicted octanol–water partition coefficient (Wildman–Crippen LogP) is 2.29. The number of hydrogen-bond donors (Lipinski definition) is 1. The van der Waals surface area contributed by atoms with Gasteiger partial charge in [0, 0.05) is 10.4 Å². The lowest BCUT2D eigenvalue weighted by molar-refractivity contribution is -0.120. The van der Waals surface area contributed by atoms with E-state index in [2.05, 4.69) is 5.32 Å². The molecule has 18 heavy (non-hydrogen) atoms. The van der Waals surface area contributed by atoms with Gasteiger partial charge in [-0.25, -0.2) is 0 Å². The minimum absolute atomic E-state index is 0.0498. The first-order valence-electron chi connectivity index (χ1n) is 5.63. The molecule has 0 bridgehead atoms. The Morgan fingerprint density at radius 3 is 2.50 bits per heavy atom. The van der Waals surface area contributed by atoms with Gasteiger partial charge < -0.3 is 5.32 Å². The van der Waals surface area contributed by atoms with Crippen LogP contribution in [-0.2, 0) is 11.2 Å². The quantitative estimate of drug-likeness (QED) is 0.837. The first kappa shape index (κ1) is 12.5. The van der Waals surface area contributed by atoms with Crippen molar-refractivity contribution in [3.8, 4) is 0 Å². The minimum atomic E-state index is -0.123. The number of carbonyl (C=O) groups is 2. The lowest BCUT2D eigenvalue weighted by atomic mass is 10.1. The van der Waals surface area contributed by atoms with Crippen LogP contribution in [0.1, 0.15) is 15.2 Å². The third-order valence-electron chi connectivity index (χ3n) is 2.46. The first-order chi connectivity index (χ1) is 8.75. The zero-order chi connectivity index (χ0) is 12.8. The highest BCUT2D eigenvalue weighted by Gasteiger charge is 2.08. The summed E-state index contributed by atoms with van der Waals surface area (Å²) in [6.07, 6.45) is 0.333. The minimum Gasteiger partial charge on any atom is -0.348 e. The fraction of sp³-hybridized carbons (Fsp3) is 0.143. The van der Waals surface area contributed by atoms with Crippen molar-refractivity contribution in [3.05, 3.63) is 58.3 Å². The Hall–Kier alpha value is -1.94. The molecular weight excluding hydrogens is 246 g/mol. The fourth-order valence-electron chi connectivity index (χ4n) is 1.54. The van der Waals surface area contributed by atoms with Crippen molar-refractivity contribution in [1.82, 2.24) is 5.32 Å². The van der Waals surface area contributed by atoms with E-state index in [1.54, 1.807) is 24.3 Å². The zero-order valence-corrected chi connectivity index (χ0v) is 10.6. The van der Waals surface area contributed by atoms with E-state index in [1.807, 2.05) is 23.6 Å². The molecule has 0 aliphatic rings. The monoisotopic (exact) mass is 259 g/mol. The predicted molar refractivity (Wildman–Crippen MR) is 71.8 cm³/mol. The summed E-state index contributed by atoms with van der Waals surface area (Å²) in [7, 11) is 0. The molecule has 4 heteroatoms. The van der Waals surface area contributed by atoms with E-state index in [0.717, 1.165) is 4.88 Å². The molecule has 0 fully saturated rings. The molecule has 0 spiro atoms. The smallest absolute Gasteiger partial charge is 0.225 e. The van der Waals surface area contributed by atoms with Crippen LogP contribution in [0.25, 0.3) is 0 Å². The largest absolute Gasteiger partial charge is 0.348 e. The Morgan fingerprint density at radius 2 is 1.83 bits per heavy atom. The lowest BCUT2D eigenvalue weighted by Gasteiger charge is -2.03. The van der Waals surface area contributed by atoms with Gasteiger partial charge in [-0.2, -0.15) is 0 Å². The van der Waals surface area contributed by atoms with Crippen LogP contribution >= 0.6 is 11.3 Å². The molecule has 0 radical (unpaired) electrons. The Labute approximate surface area is 109 Å². The molecule has 0 aliphatic carbocycles. The van der Waals surface area contributed by atoms with Crippen LogP contribution in [0.2, 0.25) is 0 Å². The third-order valence-corrected chi connectivity index (χ3v) is 3.33. The SMILES string of the molecule is O=C(Cc1cccs1)NCC(=O)c1ccccc1. The van der Waals surface area contributed by atoms with E-state index < -0.39 is 0 Å². The highest BCUT2D eigenvalue weighted by atomic mass is 32.1. The molecular formula is C14H13NO2S. The fourth-order valence-corrected chi connectivity index (χ4v) is 2.24. The summed E-state index contributed by atoms with van der Waals surface area (Å²) < 4.78 is 0. The van der Waals surface area contributed by atoms with Gasteiger partial charge in [0.2, 0.25) is 5.91 Å². The summed E-state index contributed by atoms with van der Waals surface area (Å²) in [5, 5.41) is 4.57. The standard InChI is InChI=1S/C14H13NO2S/c16-13(11-5-2-1-3-6-11)10-15-14(17)9-12-7-4-8-18-12/h1-8H,9-10H2,(H,15,17). The highest BCUT2D eigenvalue weighted by molar-refractivity contribution is 7.10. The van der Waals surface area contributed by atoms with Gasteiger partial charge in [0.05, 0.1) is 13.0 Å². The molecule has 3 nitrogen and oxygen atoms in total. The number of rotatable bonds is 5. The van der Waals surface area contributed by atoms with Gasteiger partial charge in [-0.1, -0.05) is 36.4 Å². The number of Topliss-reactive ketones (excluding diaryl/α,β-unsaturated/α-hetero) is 1. The molecule has 0 unspecified atom stereocenters. The topological polar surface area (TPSA) is 46.2 Å². The molecule has 1 heterocycles. The molecule has 0 saturated carbocycles. The van der Waals surface area contributed by atoms with Crippen molar-refractivity contribution in [2.45, 2.75) is 6.42 Å². The molecule has 2 aromatic rings. The van der Waals surface area contributed by atoms with E-state index in [4.69, 9.17) is 0 Å². The Balaban J connectivity index is 1.81. The Kier molecular flexibility index (Phi) is 4.25. The molecule has 1 N–H and O–H groups in total. The van der Waals surface area contributed by atoms with E-state index in [1.165, 1.54) is 11.3 Å². The second-order valence-corrected chi connectivity index (χ2v) is 4.85. The summed E-state index contributed by atoms with van der Waals surface area (Å²) in [6.45, 7) is 0.0498. The van der Waals surface area contributed by atoms with Crippen molar-refractivity contribution >= 4 is 23.0 Å². The normalized spacial score (nSPS) is 10.0. The molecule has 0 saturated heterocycles. The molecule has 92 valence electrons. The van der Waals surface area contributed by atoms with Crippen LogP contribution < -0.4 is 5.32 Å². The maximum Gasteiger partial charge on any atom is 0.225 e. The third kappa shape index (κ3) is 3.53. The summed E-state index contributed by atoms with van der Waals surface area (Å²) in [5.74, 6) is -0.197. The van der Waals surface area contributed by atoms with Crippen LogP contribution in [0.15, 0.2) is 47.8 Å². The van der Waals surface area contributed by atoms with Gasteiger partial charge >= 0.3 is 0 Å². The number of ketones is 1. The molecule has 1 amide bonds. The lowest BCUT2D eigenvalue weighted by Crippen LogP contribution is -2.30. The number of hydrogen-bond acceptors (Lipinski definition) is 3. The summed E-state index contributed by atoms with van der Waals surface area (Å²) in [4.78, 5) is 24.3. The van der Waals surface area contributed by atoms with Crippen molar-refractivity contribution in [2.75, 3.05) is 6.54 Å². The second kappa shape index (κ2) is 6.12. The van der Waals surface area contributed by atoms with Gasteiger partial charge in [-0.15, -0.1) is 11.3 Å². The van der Waals surface area contributed by atoms with Gasteiger partial charge in [-0.05, 0) is 11.4 Å². The van der Waals surface area contributed by atoms with Crippen molar-refractivity contribution in [2.24, 2.45) is 0 Å². The summed E-state index contributed by atoms with van der Waals surface area (Å²) in [5.41, 5.74) is 0.619. The summed E-state index contributed by atoms with van der Waals surface area (Å²) >= 11 is 1.54. The number of carbonyl (C=O) groups excluding carboxylic acids is 2. The molecule has 1 aromatic carbocycles. The van der Waals surface area contributed by atoms with Gasteiger partial charge in [0.15, 0.2) is 5.78 Å². The first-order valence-corrected chi connectivity index (χ1v) is 6.51. The Bertz CT molecular complexity index is 520. The van der Waals surface area contributed by atoms with Crippen molar-refractivity contribution < 1.29 is 9.59 Å². The van der Waals surface area contributed by atoms with E-state index >= 15 is 0 Å². The van der Waals surface area contributed by atoms with Crippen molar-refractivity contribution in [1.29, 1.82) is 0 Å². The maximum absolute atomic E-state index is 11.7. The zero-order valence-electron chi connectivity index (χ0n) is 9.76.